The van der Waals surface area contributed by atoms with E-state index in [0.717, 1.165) is 17.9 Å². The molecule has 1 saturated heterocycles. The van der Waals surface area contributed by atoms with Crippen LogP contribution in [0.2, 0.25) is 0 Å². The van der Waals surface area contributed by atoms with Crippen LogP contribution >= 0.6 is 0 Å². The largest absolute Gasteiger partial charge is 0.338 e. The van der Waals surface area contributed by atoms with Crippen molar-refractivity contribution in [3.05, 3.63) is 34.7 Å². The second-order valence-electron chi connectivity index (χ2n) is 6.13. The molecule has 0 aromatic carbocycles. The van der Waals surface area contributed by atoms with E-state index in [-0.39, 0.29) is 11.9 Å². The van der Waals surface area contributed by atoms with Gasteiger partial charge in [0.25, 0.3) is 5.91 Å². The second kappa shape index (κ2) is 6.64. The van der Waals surface area contributed by atoms with Gasteiger partial charge in [0, 0.05) is 19.6 Å². The zero-order valence-corrected chi connectivity index (χ0v) is 14.5. The minimum absolute atomic E-state index is 0.0146. The molecule has 0 spiro atoms. The number of amides is 1. The van der Waals surface area contributed by atoms with Crippen LogP contribution in [0.4, 0.5) is 0 Å². The Bertz CT molecular complexity index is 744. The van der Waals surface area contributed by atoms with Crippen LogP contribution in [-0.4, -0.2) is 62.7 Å². The molecule has 3 rings (SSSR count). The van der Waals surface area contributed by atoms with Crippen LogP contribution in [0.5, 0.6) is 0 Å². The number of carbonyl (C=O) groups is 1. The number of carbonyl (C=O) groups excluding carboxylic acids is 1. The van der Waals surface area contributed by atoms with Crippen molar-refractivity contribution >= 4 is 5.91 Å². The van der Waals surface area contributed by atoms with Crippen LogP contribution in [0.3, 0.4) is 0 Å². The minimum Gasteiger partial charge on any atom is -0.338 e. The summed E-state index contributed by atoms with van der Waals surface area (Å²) in [5, 5.41) is 12.1. The van der Waals surface area contributed by atoms with Crippen LogP contribution in [0.25, 0.3) is 0 Å². The quantitative estimate of drug-likeness (QED) is 0.834. The van der Waals surface area contributed by atoms with Crippen molar-refractivity contribution in [2.24, 2.45) is 0 Å². The van der Waals surface area contributed by atoms with Crippen molar-refractivity contribution < 1.29 is 9.32 Å². The summed E-state index contributed by atoms with van der Waals surface area (Å²) in [6.45, 7) is 7.53. The third-order valence-corrected chi connectivity index (χ3v) is 4.32. The van der Waals surface area contributed by atoms with Crippen molar-refractivity contribution in [1.82, 2.24) is 30.1 Å². The molecule has 8 nitrogen and oxygen atoms in total. The van der Waals surface area contributed by atoms with Gasteiger partial charge in [-0.15, -0.1) is 0 Å². The summed E-state index contributed by atoms with van der Waals surface area (Å²) >= 11 is 0. The van der Waals surface area contributed by atoms with Crippen molar-refractivity contribution in [2.75, 3.05) is 26.7 Å². The number of piperazine rings is 1. The molecule has 0 radical (unpaired) electrons. The molecule has 24 heavy (non-hydrogen) atoms. The van der Waals surface area contributed by atoms with E-state index < -0.39 is 0 Å². The van der Waals surface area contributed by atoms with Gasteiger partial charge in [-0.25, -0.2) is 0 Å². The maximum Gasteiger partial charge on any atom is 0.255 e. The van der Waals surface area contributed by atoms with Crippen molar-refractivity contribution in [3.63, 3.8) is 0 Å². The Morgan fingerprint density at radius 3 is 2.79 bits per heavy atom. The van der Waals surface area contributed by atoms with Gasteiger partial charge in [-0.2, -0.15) is 15.2 Å². The maximum absolute atomic E-state index is 13.0. The lowest BCUT2D eigenvalue weighted by atomic mass is 10.1. The van der Waals surface area contributed by atoms with E-state index >= 15 is 0 Å². The second-order valence-corrected chi connectivity index (χ2v) is 6.13. The van der Waals surface area contributed by atoms with Gasteiger partial charge in [0.2, 0.25) is 5.89 Å². The van der Waals surface area contributed by atoms with E-state index in [1.807, 2.05) is 31.9 Å². The fourth-order valence-corrected chi connectivity index (χ4v) is 2.90. The van der Waals surface area contributed by atoms with E-state index in [0.29, 0.717) is 36.8 Å². The summed E-state index contributed by atoms with van der Waals surface area (Å²) in [5.74, 6) is 1.13. The Labute approximate surface area is 140 Å². The molecule has 2 aromatic heterocycles. The van der Waals surface area contributed by atoms with E-state index in [4.69, 9.17) is 4.52 Å². The first-order valence-corrected chi connectivity index (χ1v) is 8.12. The molecule has 0 N–H and O–H groups in total. The van der Waals surface area contributed by atoms with Gasteiger partial charge < -0.3 is 9.42 Å². The lowest BCUT2D eigenvalue weighted by Crippen LogP contribution is -2.49. The third kappa shape index (κ3) is 3.14. The summed E-state index contributed by atoms with van der Waals surface area (Å²) in [6, 6.07) is 1.73. The fraction of sp³-hybridized carbons (Fsp3) is 0.562. The first-order valence-electron chi connectivity index (χ1n) is 8.12. The molecule has 3 heterocycles. The van der Waals surface area contributed by atoms with E-state index in [2.05, 4.69) is 25.2 Å². The molecule has 128 valence electrons. The molecule has 1 atom stereocenters. The highest BCUT2D eigenvalue weighted by Gasteiger charge is 2.33. The highest BCUT2D eigenvalue weighted by atomic mass is 16.5. The van der Waals surface area contributed by atoms with Crippen LogP contribution in [-0.2, 0) is 6.42 Å². The molecule has 0 bridgehead atoms. The average Bonchev–Trinajstić information content (AvgIpc) is 3.01. The standard InChI is InChI=1S/C16H22N6O2/c1-5-13-12(8-10(2)18-19-13)16(23)22-7-6-21(4)14(9-22)15-17-11(3)20-24-15/h8,14H,5-7,9H2,1-4H3/t14-/m1/s1. The zero-order valence-electron chi connectivity index (χ0n) is 14.5. The number of aryl methyl sites for hydroxylation is 3. The van der Waals surface area contributed by atoms with Crippen LogP contribution in [0.15, 0.2) is 10.6 Å². The Balaban J connectivity index is 1.84. The first kappa shape index (κ1) is 16.5. The lowest BCUT2D eigenvalue weighted by molar-refractivity contribution is 0.0487. The highest BCUT2D eigenvalue weighted by Crippen LogP contribution is 2.24. The number of rotatable bonds is 3. The third-order valence-electron chi connectivity index (χ3n) is 4.32. The molecular formula is C16H22N6O2. The van der Waals surface area contributed by atoms with E-state index in [1.54, 1.807) is 6.92 Å². The Morgan fingerprint density at radius 2 is 2.12 bits per heavy atom. The number of hydrogen-bond acceptors (Lipinski definition) is 7. The molecule has 0 unspecified atom stereocenters. The summed E-state index contributed by atoms with van der Waals surface area (Å²) in [5.41, 5.74) is 2.11. The van der Waals surface area contributed by atoms with Gasteiger partial charge in [0.1, 0.15) is 6.04 Å². The number of hydrogen-bond donors (Lipinski definition) is 0. The van der Waals surface area contributed by atoms with Crippen LogP contribution in [0.1, 0.15) is 46.4 Å². The van der Waals surface area contributed by atoms with Crippen molar-refractivity contribution in [1.29, 1.82) is 0 Å². The molecule has 1 amide bonds. The summed E-state index contributed by atoms with van der Waals surface area (Å²) in [4.78, 5) is 21.3. The zero-order chi connectivity index (χ0) is 17.3. The van der Waals surface area contributed by atoms with Gasteiger partial charge in [0.05, 0.1) is 17.0 Å². The Kier molecular flexibility index (Phi) is 4.57. The van der Waals surface area contributed by atoms with Crippen LogP contribution < -0.4 is 0 Å². The van der Waals surface area contributed by atoms with E-state index in [9.17, 15) is 4.79 Å². The molecular weight excluding hydrogens is 308 g/mol. The van der Waals surface area contributed by atoms with Gasteiger partial charge in [0.15, 0.2) is 5.82 Å². The molecule has 1 fully saturated rings. The van der Waals surface area contributed by atoms with Gasteiger partial charge in [-0.05, 0) is 33.4 Å². The minimum atomic E-state index is -0.0927. The molecule has 0 saturated carbocycles. The van der Waals surface area contributed by atoms with Gasteiger partial charge in [-0.1, -0.05) is 12.1 Å². The normalized spacial score (nSPS) is 18.8. The average molecular weight is 330 g/mol. The molecule has 0 aliphatic carbocycles. The number of aromatic nitrogens is 4. The molecule has 1 aliphatic heterocycles. The summed E-state index contributed by atoms with van der Waals surface area (Å²) in [7, 11) is 2.00. The number of nitrogens with zero attached hydrogens (tertiary/aromatic N) is 6. The van der Waals surface area contributed by atoms with Gasteiger partial charge >= 0.3 is 0 Å². The first-order chi connectivity index (χ1) is 11.5. The Hall–Kier alpha value is -2.35. The summed E-state index contributed by atoms with van der Waals surface area (Å²) in [6.07, 6.45) is 0.675. The Morgan fingerprint density at radius 1 is 1.33 bits per heavy atom. The SMILES string of the molecule is CCc1nnc(C)cc1C(=O)N1CCN(C)[C@@H](c2nc(C)no2)C1. The smallest absolute Gasteiger partial charge is 0.255 e. The van der Waals surface area contributed by atoms with E-state index in [1.165, 1.54) is 0 Å². The lowest BCUT2D eigenvalue weighted by Gasteiger charge is -2.37. The highest BCUT2D eigenvalue weighted by molar-refractivity contribution is 5.95. The molecule has 1 aliphatic rings. The topological polar surface area (TPSA) is 88.3 Å². The summed E-state index contributed by atoms with van der Waals surface area (Å²) < 4.78 is 5.31. The predicted molar refractivity (Wildman–Crippen MR) is 86.5 cm³/mol. The molecule has 8 heteroatoms. The number of likely N-dealkylation sites (N-methyl/N-ethyl adjacent to an activating group) is 1. The van der Waals surface area contributed by atoms with Crippen molar-refractivity contribution in [2.45, 2.75) is 33.2 Å². The predicted octanol–water partition coefficient (Wildman–Crippen LogP) is 1.17. The van der Waals surface area contributed by atoms with Crippen LogP contribution in [0, 0.1) is 13.8 Å². The monoisotopic (exact) mass is 330 g/mol. The van der Waals surface area contributed by atoms with Gasteiger partial charge in [-0.3, -0.25) is 9.69 Å². The fourth-order valence-electron chi connectivity index (χ4n) is 2.90. The van der Waals surface area contributed by atoms with Crippen molar-refractivity contribution in [3.8, 4) is 0 Å². The maximum atomic E-state index is 13.0. The molecule has 2 aromatic rings.